The Morgan fingerprint density at radius 3 is 2.55 bits per heavy atom. The summed E-state index contributed by atoms with van der Waals surface area (Å²) in [5, 5.41) is 2.80. The first-order valence-corrected chi connectivity index (χ1v) is 7.11. The fourth-order valence-electron chi connectivity index (χ4n) is 1.77. The molecule has 2 aromatic rings. The van der Waals surface area contributed by atoms with Crippen LogP contribution in [0, 0.1) is 0 Å². The van der Waals surface area contributed by atoms with Gasteiger partial charge < -0.3 is 14.8 Å². The summed E-state index contributed by atoms with van der Waals surface area (Å²) >= 11 is 0. The van der Waals surface area contributed by atoms with E-state index in [4.69, 9.17) is 9.47 Å². The minimum Gasteiger partial charge on any atom is -0.494 e. The van der Waals surface area contributed by atoms with E-state index < -0.39 is 0 Å². The normalized spacial score (nSPS) is 10.9. The van der Waals surface area contributed by atoms with Gasteiger partial charge in [0, 0.05) is 17.3 Å². The number of anilines is 1. The third-order valence-electron chi connectivity index (χ3n) is 2.88. The average Bonchev–Trinajstić information content (AvgIpc) is 2.54. The first-order valence-electron chi connectivity index (χ1n) is 7.11. The number of carbonyl (C=O) groups is 1. The third-order valence-corrected chi connectivity index (χ3v) is 2.88. The molecule has 0 unspecified atom stereocenters. The second kappa shape index (κ2) is 7.88. The predicted octanol–water partition coefficient (Wildman–Crippen LogP) is 4.01. The Labute approximate surface area is 130 Å². The van der Waals surface area contributed by atoms with Crippen molar-refractivity contribution in [3.8, 4) is 11.5 Å². The van der Waals surface area contributed by atoms with Crippen LogP contribution in [0.3, 0.4) is 0 Å². The monoisotopic (exact) mass is 297 g/mol. The Bertz CT molecular complexity index is 650. The Morgan fingerprint density at radius 2 is 1.82 bits per heavy atom. The number of hydrogen-bond acceptors (Lipinski definition) is 3. The molecule has 0 heterocycles. The Morgan fingerprint density at radius 1 is 1.09 bits per heavy atom. The molecule has 2 aromatic carbocycles. The van der Waals surface area contributed by atoms with Crippen LogP contribution < -0.4 is 14.8 Å². The van der Waals surface area contributed by atoms with Crippen LogP contribution in [0.4, 0.5) is 5.69 Å². The van der Waals surface area contributed by atoms with Crippen molar-refractivity contribution in [1.82, 2.24) is 0 Å². The van der Waals surface area contributed by atoms with Crippen molar-refractivity contribution in [1.29, 1.82) is 0 Å². The van der Waals surface area contributed by atoms with E-state index in [-0.39, 0.29) is 5.91 Å². The van der Waals surface area contributed by atoms with Crippen LogP contribution in [-0.2, 0) is 4.79 Å². The molecule has 0 aliphatic carbocycles. The zero-order valence-electron chi connectivity index (χ0n) is 12.7. The number of hydrogen-bond donors (Lipinski definition) is 1. The van der Waals surface area contributed by atoms with Gasteiger partial charge in [-0.05, 0) is 38.1 Å². The minimum atomic E-state index is -0.202. The van der Waals surface area contributed by atoms with E-state index >= 15 is 0 Å². The molecular weight excluding hydrogens is 278 g/mol. The average molecular weight is 297 g/mol. The number of amides is 1. The van der Waals surface area contributed by atoms with Crippen molar-refractivity contribution in [3.05, 3.63) is 66.4 Å². The lowest BCUT2D eigenvalue weighted by Crippen LogP contribution is -2.13. The maximum atomic E-state index is 12.0. The van der Waals surface area contributed by atoms with Crippen LogP contribution in [-0.4, -0.2) is 12.5 Å². The van der Waals surface area contributed by atoms with Crippen LogP contribution in [0.2, 0.25) is 0 Å². The number of carbonyl (C=O) groups excluding carboxylic acids is 1. The van der Waals surface area contributed by atoms with Gasteiger partial charge in [-0.15, -0.1) is 0 Å². The van der Waals surface area contributed by atoms with Gasteiger partial charge >= 0.3 is 0 Å². The molecule has 0 aliphatic rings. The molecule has 1 amide bonds. The van der Waals surface area contributed by atoms with E-state index in [0.29, 0.717) is 17.9 Å². The Balaban J connectivity index is 1.97. The quantitative estimate of drug-likeness (QED) is 0.647. The van der Waals surface area contributed by atoms with Gasteiger partial charge in [0.25, 0.3) is 5.91 Å². The summed E-state index contributed by atoms with van der Waals surface area (Å²) < 4.78 is 10.9. The summed E-state index contributed by atoms with van der Waals surface area (Å²) in [4.78, 5) is 12.0. The van der Waals surface area contributed by atoms with E-state index in [0.717, 1.165) is 11.4 Å². The van der Waals surface area contributed by atoms with Gasteiger partial charge in [0.05, 0.1) is 12.9 Å². The fourth-order valence-corrected chi connectivity index (χ4v) is 1.77. The number of benzene rings is 2. The second-order valence-corrected chi connectivity index (χ2v) is 4.65. The zero-order chi connectivity index (χ0) is 15.8. The van der Waals surface area contributed by atoms with Crippen molar-refractivity contribution < 1.29 is 14.3 Å². The maximum absolute atomic E-state index is 12.0. The van der Waals surface area contributed by atoms with Crippen molar-refractivity contribution in [2.45, 2.75) is 13.8 Å². The number of rotatable bonds is 6. The largest absolute Gasteiger partial charge is 0.494 e. The highest BCUT2D eigenvalue weighted by molar-refractivity contribution is 6.03. The molecule has 0 fully saturated rings. The van der Waals surface area contributed by atoms with E-state index in [9.17, 15) is 4.79 Å². The van der Waals surface area contributed by atoms with E-state index in [2.05, 4.69) is 5.32 Å². The molecule has 1 N–H and O–H groups in total. The number of ether oxygens (including phenoxy) is 2. The van der Waals surface area contributed by atoms with E-state index in [1.54, 1.807) is 19.1 Å². The van der Waals surface area contributed by atoms with Gasteiger partial charge in [0.15, 0.2) is 0 Å². The van der Waals surface area contributed by atoms with Crippen molar-refractivity contribution in [2.75, 3.05) is 11.9 Å². The standard InChI is InChI=1S/C18H19NO3/c1-3-21-16-10-7-11-17(12-16)22-13-14(2)18(20)19-15-8-5-4-6-9-15/h4-13H,3H2,1-2H3,(H,19,20). The topological polar surface area (TPSA) is 47.6 Å². The highest BCUT2D eigenvalue weighted by atomic mass is 16.5. The van der Waals surface area contributed by atoms with Gasteiger partial charge in [0.1, 0.15) is 11.5 Å². The summed E-state index contributed by atoms with van der Waals surface area (Å²) in [6.07, 6.45) is 1.43. The lowest BCUT2D eigenvalue weighted by Gasteiger charge is -2.07. The van der Waals surface area contributed by atoms with Gasteiger partial charge in [-0.1, -0.05) is 24.3 Å². The van der Waals surface area contributed by atoms with Crippen LogP contribution in [0.1, 0.15) is 13.8 Å². The zero-order valence-corrected chi connectivity index (χ0v) is 12.7. The first-order chi connectivity index (χ1) is 10.7. The SMILES string of the molecule is CCOc1cccc(OC=C(C)C(=O)Nc2ccccc2)c1. The maximum Gasteiger partial charge on any atom is 0.254 e. The van der Waals surface area contributed by atoms with E-state index in [1.807, 2.05) is 49.4 Å². The van der Waals surface area contributed by atoms with Crippen LogP contribution in [0.25, 0.3) is 0 Å². The molecule has 0 atom stereocenters. The van der Waals surface area contributed by atoms with E-state index in [1.165, 1.54) is 6.26 Å². The van der Waals surface area contributed by atoms with Gasteiger partial charge in [-0.25, -0.2) is 0 Å². The number of nitrogens with one attached hydrogen (secondary N) is 1. The summed E-state index contributed by atoms with van der Waals surface area (Å²) in [6.45, 7) is 4.22. The van der Waals surface area contributed by atoms with Gasteiger partial charge in [-0.3, -0.25) is 4.79 Å². The summed E-state index contributed by atoms with van der Waals surface area (Å²) in [5.41, 5.74) is 1.23. The minimum absolute atomic E-state index is 0.202. The van der Waals surface area contributed by atoms with Gasteiger partial charge in [0.2, 0.25) is 0 Å². The lowest BCUT2D eigenvalue weighted by molar-refractivity contribution is -0.112. The highest BCUT2D eigenvalue weighted by Gasteiger charge is 2.05. The van der Waals surface area contributed by atoms with Crippen molar-refractivity contribution >= 4 is 11.6 Å². The van der Waals surface area contributed by atoms with Crippen LogP contribution in [0.5, 0.6) is 11.5 Å². The third kappa shape index (κ3) is 4.66. The predicted molar refractivity (Wildman–Crippen MR) is 87.1 cm³/mol. The molecule has 4 nitrogen and oxygen atoms in total. The molecule has 0 aliphatic heterocycles. The molecule has 0 saturated carbocycles. The molecule has 22 heavy (non-hydrogen) atoms. The molecular formula is C18H19NO3. The smallest absolute Gasteiger partial charge is 0.254 e. The summed E-state index contributed by atoms with van der Waals surface area (Å²) in [6, 6.07) is 16.6. The molecule has 4 heteroatoms. The lowest BCUT2D eigenvalue weighted by atomic mass is 10.2. The van der Waals surface area contributed by atoms with Crippen LogP contribution >= 0.6 is 0 Å². The molecule has 0 saturated heterocycles. The molecule has 0 spiro atoms. The van der Waals surface area contributed by atoms with Crippen molar-refractivity contribution in [2.24, 2.45) is 0 Å². The first kappa shape index (κ1) is 15.6. The summed E-state index contributed by atoms with van der Waals surface area (Å²) in [5.74, 6) is 1.16. The Hall–Kier alpha value is -2.75. The Kier molecular flexibility index (Phi) is 5.60. The second-order valence-electron chi connectivity index (χ2n) is 4.65. The molecule has 0 radical (unpaired) electrons. The fraction of sp³-hybridized carbons (Fsp3) is 0.167. The molecule has 0 bridgehead atoms. The van der Waals surface area contributed by atoms with Crippen LogP contribution in [0.15, 0.2) is 66.4 Å². The van der Waals surface area contributed by atoms with Gasteiger partial charge in [-0.2, -0.15) is 0 Å². The molecule has 2 rings (SSSR count). The number of para-hydroxylation sites is 1. The van der Waals surface area contributed by atoms with Crippen molar-refractivity contribution in [3.63, 3.8) is 0 Å². The summed E-state index contributed by atoms with van der Waals surface area (Å²) in [7, 11) is 0. The highest BCUT2D eigenvalue weighted by Crippen LogP contribution is 2.20. The molecule has 114 valence electrons. The molecule has 0 aromatic heterocycles.